The maximum Gasteiger partial charge on any atom is 0.144 e. The van der Waals surface area contributed by atoms with E-state index in [4.69, 9.17) is 0 Å². The lowest BCUT2D eigenvalue weighted by Gasteiger charge is -2.35. The van der Waals surface area contributed by atoms with Crippen LogP contribution in [0.25, 0.3) is 0 Å². The molecule has 1 aromatic heterocycles. The molecule has 5 heteroatoms. The average Bonchev–Trinajstić information content (AvgIpc) is 2.38. The van der Waals surface area contributed by atoms with Gasteiger partial charge in [0.1, 0.15) is 11.6 Å². The van der Waals surface area contributed by atoms with Crippen LogP contribution in [0.4, 0.5) is 5.82 Å². The molecule has 1 saturated heterocycles. The first-order chi connectivity index (χ1) is 9.48. The second kappa shape index (κ2) is 6.50. The van der Waals surface area contributed by atoms with Crippen LogP contribution in [-0.2, 0) is 6.54 Å². The summed E-state index contributed by atoms with van der Waals surface area (Å²) in [6.07, 6.45) is 2.72. The van der Waals surface area contributed by atoms with Gasteiger partial charge in [0.2, 0.25) is 0 Å². The van der Waals surface area contributed by atoms with E-state index >= 15 is 0 Å². The van der Waals surface area contributed by atoms with E-state index in [1.54, 1.807) is 0 Å². The lowest BCUT2D eigenvalue weighted by molar-refractivity contribution is -0.00788. The molecule has 20 heavy (non-hydrogen) atoms. The fourth-order valence-corrected chi connectivity index (χ4v) is 2.44. The van der Waals surface area contributed by atoms with Crippen molar-refractivity contribution in [3.05, 3.63) is 17.6 Å². The van der Waals surface area contributed by atoms with Crippen LogP contribution in [0.5, 0.6) is 0 Å². The van der Waals surface area contributed by atoms with Crippen LogP contribution < -0.4 is 5.32 Å². The number of anilines is 1. The molecule has 1 aliphatic rings. The number of nitrogens with zero attached hydrogens (tertiary/aromatic N) is 3. The SMILES string of the molecule is CCCNc1cc(C)nc(CN2CCC(C)(O)CC2)n1. The summed E-state index contributed by atoms with van der Waals surface area (Å²) in [5.41, 5.74) is 0.496. The molecule has 0 bridgehead atoms. The maximum atomic E-state index is 9.98. The number of aromatic nitrogens is 2. The minimum absolute atomic E-state index is 0.502. The standard InChI is InChI=1S/C15H26N4O/c1-4-7-16-13-10-12(2)17-14(18-13)11-19-8-5-15(3,20)6-9-19/h10,20H,4-9,11H2,1-3H3,(H,16,17,18). The highest BCUT2D eigenvalue weighted by Crippen LogP contribution is 2.22. The molecule has 0 saturated carbocycles. The van der Waals surface area contributed by atoms with Crippen LogP contribution in [0.1, 0.15) is 44.6 Å². The Balaban J connectivity index is 1.97. The summed E-state index contributed by atoms with van der Waals surface area (Å²) >= 11 is 0. The average molecular weight is 278 g/mol. The first-order valence-electron chi connectivity index (χ1n) is 7.52. The summed E-state index contributed by atoms with van der Waals surface area (Å²) in [7, 11) is 0. The Kier molecular flexibility index (Phi) is 4.94. The number of rotatable bonds is 5. The zero-order chi connectivity index (χ0) is 14.6. The Labute approximate surface area is 121 Å². The van der Waals surface area contributed by atoms with E-state index in [9.17, 15) is 5.11 Å². The van der Waals surface area contributed by atoms with E-state index < -0.39 is 5.60 Å². The molecule has 0 atom stereocenters. The van der Waals surface area contributed by atoms with Crippen LogP contribution in [0.15, 0.2) is 6.07 Å². The second-order valence-electron chi connectivity index (χ2n) is 6.01. The normalized spacial score (nSPS) is 19.0. The van der Waals surface area contributed by atoms with E-state index in [1.807, 2.05) is 19.9 Å². The largest absolute Gasteiger partial charge is 0.390 e. The van der Waals surface area contributed by atoms with Gasteiger partial charge in [-0.25, -0.2) is 9.97 Å². The van der Waals surface area contributed by atoms with E-state index in [1.165, 1.54) is 0 Å². The molecular formula is C15H26N4O. The van der Waals surface area contributed by atoms with Crippen molar-refractivity contribution in [2.45, 2.75) is 52.2 Å². The predicted octanol–water partition coefficient (Wildman–Crippen LogP) is 1.95. The van der Waals surface area contributed by atoms with Gasteiger partial charge in [0.25, 0.3) is 0 Å². The van der Waals surface area contributed by atoms with Crippen molar-refractivity contribution in [1.82, 2.24) is 14.9 Å². The summed E-state index contributed by atoms with van der Waals surface area (Å²) in [5.74, 6) is 1.78. The van der Waals surface area contributed by atoms with Crippen LogP contribution in [-0.4, -0.2) is 45.2 Å². The number of aryl methyl sites for hydroxylation is 1. The third kappa shape index (κ3) is 4.42. The van der Waals surface area contributed by atoms with Crippen molar-refractivity contribution >= 4 is 5.82 Å². The van der Waals surface area contributed by atoms with Gasteiger partial charge in [0.05, 0.1) is 12.1 Å². The van der Waals surface area contributed by atoms with Crippen molar-refractivity contribution in [3.63, 3.8) is 0 Å². The van der Waals surface area contributed by atoms with Gasteiger partial charge in [0.15, 0.2) is 0 Å². The highest BCUT2D eigenvalue weighted by atomic mass is 16.3. The first-order valence-corrected chi connectivity index (χ1v) is 7.52. The smallest absolute Gasteiger partial charge is 0.144 e. The molecular weight excluding hydrogens is 252 g/mol. The number of nitrogens with one attached hydrogen (secondary N) is 1. The minimum atomic E-state index is -0.502. The van der Waals surface area contributed by atoms with Crippen molar-refractivity contribution in [2.24, 2.45) is 0 Å². The number of aliphatic hydroxyl groups is 1. The van der Waals surface area contributed by atoms with Crippen molar-refractivity contribution in [2.75, 3.05) is 25.0 Å². The molecule has 0 unspecified atom stereocenters. The lowest BCUT2D eigenvalue weighted by Crippen LogP contribution is -2.42. The summed E-state index contributed by atoms with van der Waals surface area (Å²) in [6.45, 7) is 9.57. The Morgan fingerprint density at radius 3 is 2.70 bits per heavy atom. The third-order valence-electron chi connectivity index (χ3n) is 3.75. The van der Waals surface area contributed by atoms with Gasteiger partial charge in [-0.05, 0) is 33.1 Å². The van der Waals surface area contributed by atoms with E-state index in [0.29, 0.717) is 0 Å². The Hall–Kier alpha value is -1.20. The third-order valence-corrected chi connectivity index (χ3v) is 3.75. The molecule has 0 aliphatic carbocycles. The molecule has 0 spiro atoms. The van der Waals surface area contributed by atoms with Gasteiger partial charge in [-0.1, -0.05) is 6.92 Å². The molecule has 2 N–H and O–H groups in total. The Morgan fingerprint density at radius 2 is 2.05 bits per heavy atom. The topological polar surface area (TPSA) is 61.3 Å². The van der Waals surface area contributed by atoms with Crippen LogP contribution >= 0.6 is 0 Å². The monoisotopic (exact) mass is 278 g/mol. The van der Waals surface area contributed by atoms with Crippen LogP contribution in [0, 0.1) is 6.92 Å². The van der Waals surface area contributed by atoms with Crippen molar-refractivity contribution in [3.8, 4) is 0 Å². The van der Waals surface area contributed by atoms with E-state index in [0.717, 1.165) is 62.8 Å². The molecule has 2 heterocycles. The molecule has 112 valence electrons. The molecule has 0 aromatic carbocycles. The zero-order valence-electron chi connectivity index (χ0n) is 12.8. The number of piperidine rings is 1. The molecule has 1 fully saturated rings. The van der Waals surface area contributed by atoms with Gasteiger partial charge in [0, 0.05) is 31.4 Å². The van der Waals surface area contributed by atoms with Gasteiger partial charge in [-0.3, -0.25) is 4.90 Å². The van der Waals surface area contributed by atoms with E-state index in [2.05, 4.69) is 27.1 Å². The van der Waals surface area contributed by atoms with Crippen molar-refractivity contribution in [1.29, 1.82) is 0 Å². The lowest BCUT2D eigenvalue weighted by atomic mass is 9.94. The summed E-state index contributed by atoms with van der Waals surface area (Å²) in [4.78, 5) is 11.4. The molecule has 0 radical (unpaired) electrons. The Bertz CT molecular complexity index is 437. The summed E-state index contributed by atoms with van der Waals surface area (Å²) < 4.78 is 0. The fraction of sp³-hybridized carbons (Fsp3) is 0.733. The highest BCUT2D eigenvalue weighted by molar-refractivity contribution is 5.35. The molecule has 1 aliphatic heterocycles. The van der Waals surface area contributed by atoms with Crippen LogP contribution in [0.3, 0.4) is 0 Å². The number of likely N-dealkylation sites (tertiary alicyclic amines) is 1. The number of hydrogen-bond donors (Lipinski definition) is 2. The van der Waals surface area contributed by atoms with Crippen LogP contribution in [0.2, 0.25) is 0 Å². The fourth-order valence-electron chi connectivity index (χ4n) is 2.44. The molecule has 5 nitrogen and oxygen atoms in total. The first kappa shape index (κ1) is 15.2. The zero-order valence-corrected chi connectivity index (χ0v) is 12.8. The molecule has 1 aromatic rings. The molecule has 0 amide bonds. The van der Waals surface area contributed by atoms with Gasteiger partial charge in [-0.2, -0.15) is 0 Å². The predicted molar refractivity (Wildman–Crippen MR) is 80.7 cm³/mol. The summed E-state index contributed by atoms with van der Waals surface area (Å²) in [6, 6.07) is 1.99. The second-order valence-corrected chi connectivity index (χ2v) is 6.01. The van der Waals surface area contributed by atoms with Gasteiger partial charge >= 0.3 is 0 Å². The van der Waals surface area contributed by atoms with Gasteiger partial charge in [-0.15, -0.1) is 0 Å². The number of hydrogen-bond acceptors (Lipinski definition) is 5. The summed E-state index contributed by atoms with van der Waals surface area (Å²) in [5, 5.41) is 13.3. The van der Waals surface area contributed by atoms with Crippen molar-refractivity contribution < 1.29 is 5.11 Å². The Morgan fingerprint density at radius 1 is 1.35 bits per heavy atom. The maximum absolute atomic E-state index is 9.98. The van der Waals surface area contributed by atoms with E-state index in [-0.39, 0.29) is 0 Å². The highest BCUT2D eigenvalue weighted by Gasteiger charge is 2.27. The van der Waals surface area contributed by atoms with Gasteiger partial charge < -0.3 is 10.4 Å². The minimum Gasteiger partial charge on any atom is -0.390 e. The molecule has 2 rings (SSSR count). The quantitative estimate of drug-likeness (QED) is 0.862.